The second-order valence-corrected chi connectivity index (χ2v) is 4.07. The lowest BCUT2D eigenvalue weighted by atomic mass is 10.4. The van der Waals surface area contributed by atoms with Gasteiger partial charge >= 0.3 is 0 Å². The zero-order valence-electron chi connectivity index (χ0n) is 8.51. The van der Waals surface area contributed by atoms with Crippen molar-refractivity contribution in [3.05, 3.63) is 34.7 Å². The van der Waals surface area contributed by atoms with Crippen molar-refractivity contribution in [1.82, 2.24) is 15.0 Å². The van der Waals surface area contributed by atoms with Crippen molar-refractivity contribution in [3.8, 4) is 11.6 Å². The van der Waals surface area contributed by atoms with Crippen LogP contribution in [0.2, 0.25) is 0 Å². The molecule has 16 heavy (non-hydrogen) atoms. The highest BCUT2D eigenvalue weighted by Gasteiger charge is 2.05. The highest BCUT2D eigenvalue weighted by Crippen LogP contribution is 2.24. The van der Waals surface area contributed by atoms with Gasteiger partial charge in [-0.2, -0.15) is 4.98 Å². The second kappa shape index (κ2) is 4.44. The second-order valence-electron chi connectivity index (χ2n) is 3.16. The van der Waals surface area contributed by atoms with Gasteiger partial charge in [0.1, 0.15) is 5.75 Å². The number of aromatic nitrogens is 3. The Bertz CT molecular complexity index is 518. The molecule has 82 valence electrons. The SMILES string of the molecule is Cc1cnc(N)nc1Oc1cncc(Br)c1. The minimum Gasteiger partial charge on any atom is -0.437 e. The molecule has 0 aromatic carbocycles. The summed E-state index contributed by atoms with van der Waals surface area (Å²) in [6.07, 6.45) is 4.89. The summed E-state index contributed by atoms with van der Waals surface area (Å²) in [6.45, 7) is 1.85. The van der Waals surface area contributed by atoms with Crippen LogP contribution in [-0.4, -0.2) is 15.0 Å². The Morgan fingerprint density at radius 2 is 2.12 bits per heavy atom. The Morgan fingerprint density at radius 3 is 2.88 bits per heavy atom. The standard InChI is InChI=1S/C10H9BrN4O/c1-6-3-14-10(12)15-9(6)16-8-2-7(11)4-13-5-8/h2-5H,1H3,(H2,12,14,15). The first-order chi connectivity index (χ1) is 7.65. The summed E-state index contributed by atoms with van der Waals surface area (Å²) in [4.78, 5) is 11.8. The maximum absolute atomic E-state index is 5.55. The molecule has 0 radical (unpaired) electrons. The van der Waals surface area contributed by atoms with Gasteiger partial charge in [0.15, 0.2) is 0 Å². The average molecular weight is 281 g/mol. The van der Waals surface area contributed by atoms with E-state index in [0.717, 1.165) is 10.0 Å². The number of halogens is 1. The summed E-state index contributed by atoms with van der Waals surface area (Å²) in [6, 6.07) is 1.80. The molecule has 0 aliphatic heterocycles. The van der Waals surface area contributed by atoms with Crippen LogP contribution in [0.1, 0.15) is 5.56 Å². The molecular formula is C10H9BrN4O. The number of ether oxygens (including phenoxy) is 1. The normalized spacial score (nSPS) is 10.1. The van der Waals surface area contributed by atoms with Crippen LogP contribution in [0, 0.1) is 6.92 Å². The molecule has 5 nitrogen and oxygen atoms in total. The monoisotopic (exact) mass is 280 g/mol. The number of pyridine rings is 1. The van der Waals surface area contributed by atoms with E-state index in [9.17, 15) is 0 Å². The number of nitrogens with two attached hydrogens (primary N) is 1. The minimum absolute atomic E-state index is 0.184. The molecule has 0 atom stereocenters. The maximum Gasteiger partial charge on any atom is 0.227 e. The van der Waals surface area contributed by atoms with Gasteiger partial charge < -0.3 is 10.5 Å². The molecule has 0 fully saturated rings. The van der Waals surface area contributed by atoms with Crippen LogP contribution >= 0.6 is 15.9 Å². The van der Waals surface area contributed by atoms with E-state index in [1.165, 1.54) is 0 Å². The molecular weight excluding hydrogens is 272 g/mol. The van der Waals surface area contributed by atoms with Gasteiger partial charge in [-0.15, -0.1) is 0 Å². The van der Waals surface area contributed by atoms with E-state index in [-0.39, 0.29) is 5.95 Å². The van der Waals surface area contributed by atoms with Crippen LogP contribution in [0.25, 0.3) is 0 Å². The van der Waals surface area contributed by atoms with Crippen molar-refractivity contribution in [2.24, 2.45) is 0 Å². The molecule has 0 bridgehead atoms. The van der Waals surface area contributed by atoms with Gasteiger partial charge in [-0.3, -0.25) is 4.98 Å². The first kappa shape index (κ1) is 10.8. The first-order valence-electron chi connectivity index (χ1n) is 4.52. The van der Waals surface area contributed by atoms with Gasteiger partial charge in [0.05, 0.1) is 6.20 Å². The molecule has 2 aromatic heterocycles. The summed E-state index contributed by atoms with van der Waals surface area (Å²) < 4.78 is 6.38. The van der Waals surface area contributed by atoms with Crippen LogP contribution in [0.3, 0.4) is 0 Å². The Kier molecular flexibility index (Phi) is 3.00. The molecule has 2 aromatic rings. The third kappa shape index (κ3) is 2.46. The number of hydrogen-bond donors (Lipinski definition) is 1. The molecule has 0 aliphatic carbocycles. The van der Waals surface area contributed by atoms with E-state index in [2.05, 4.69) is 30.9 Å². The predicted molar refractivity (Wildman–Crippen MR) is 63.2 cm³/mol. The highest BCUT2D eigenvalue weighted by molar-refractivity contribution is 9.10. The van der Waals surface area contributed by atoms with E-state index < -0.39 is 0 Å². The van der Waals surface area contributed by atoms with E-state index in [4.69, 9.17) is 10.5 Å². The maximum atomic E-state index is 5.55. The molecule has 0 amide bonds. The largest absolute Gasteiger partial charge is 0.437 e. The Labute approximate surface area is 101 Å². The smallest absolute Gasteiger partial charge is 0.227 e. The quantitative estimate of drug-likeness (QED) is 0.914. The summed E-state index contributed by atoms with van der Waals surface area (Å²) in [5, 5.41) is 0. The van der Waals surface area contributed by atoms with Crippen LogP contribution in [0.15, 0.2) is 29.1 Å². The number of anilines is 1. The van der Waals surface area contributed by atoms with Crippen LogP contribution in [0.4, 0.5) is 5.95 Å². The summed E-state index contributed by atoms with van der Waals surface area (Å²) >= 11 is 3.31. The van der Waals surface area contributed by atoms with Crippen LogP contribution < -0.4 is 10.5 Å². The lowest BCUT2D eigenvalue weighted by Gasteiger charge is -2.07. The Hall–Kier alpha value is -1.69. The summed E-state index contributed by atoms with van der Waals surface area (Å²) in [5.41, 5.74) is 6.30. The number of aryl methyl sites for hydroxylation is 1. The Balaban J connectivity index is 2.30. The van der Waals surface area contributed by atoms with Gasteiger partial charge in [0.25, 0.3) is 0 Å². The summed E-state index contributed by atoms with van der Waals surface area (Å²) in [7, 11) is 0. The fourth-order valence-electron chi connectivity index (χ4n) is 1.10. The number of nitrogen functional groups attached to an aromatic ring is 1. The molecule has 2 N–H and O–H groups in total. The van der Waals surface area contributed by atoms with Crippen molar-refractivity contribution in [3.63, 3.8) is 0 Å². The van der Waals surface area contributed by atoms with Gasteiger partial charge in [-0.25, -0.2) is 4.98 Å². The molecule has 0 spiro atoms. The molecule has 2 heterocycles. The predicted octanol–water partition coefficient (Wildman–Crippen LogP) is 2.32. The third-order valence-electron chi connectivity index (χ3n) is 1.84. The topological polar surface area (TPSA) is 73.9 Å². The first-order valence-corrected chi connectivity index (χ1v) is 5.32. The van der Waals surface area contributed by atoms with Gasteiger partial charge in [-0.05, 0) is 28.9 Å². The number of rotatable bonds is 2. The van der Waals surface area contributed by atoms with E-state index in [1.54, 1.807) is 24.7 Å². The zero-order chi connectivity index (χ0) is 11.5. The fraction of sp³-hybridized carbons (Fsp3) is 0.100. The lowest BCUT2D eigenvalue weighted by molar-refractivity contribution is 0.456. The van der Waals surface area contributed by atoms with E-state index in [1.807, 2.05) is 6.92 Å². The number of hydrogen-bond acceptors (Lipinski definition) is 5. The van der Waals surface area contributed by atoms with E-state index in [0.29, 0.717) is 11.6 Å². The van der Waals surface area contributed by atoms with Crippen molar-refractivity contribution in [2.45, 2.75) is 6.92 Å². The van der Waals surface area contributed by atoms with Crippen molar-refractivity contribution < 1.29 is 4.74 Å². The average Bonchev–Trinajstić information content (AvgIpc) is 2.24. The van der Waals surface area contributed by atoms with Crippen molar-refractivity contribution in [2.75, 3.05) is 5.73 Å². The molecule has 2 rings (SSSR count). The summed E-state index contributed by atoms with van der Waals surface area (Å²) in [5.74, 6) is 1.21. The van der Waals surface area contributed by atoms with Gasteiger partial charge in [0, 0.05) is 22.4 Å². The van der Waals surface area contributed by atoms with Crippen LogP contribution in [0.5, 0.6) is 11.6 Å². The minimum atomic E-state index is 0.184. The Morgan fingerprint density at radius 1 is 1.31 bits per heavy atom. The van der Waals surface area contributed by atoms with Crippen molar-refractivity contribution in [1.29, 1.82) is 0 Å². The lowest BCUT2D eigenvalue weighted by Crippen LogP contribution is -1.98. The molecule has 0 saturated carbocycles. The third-order valence-corrected chi connectivity index (χ3v) is 2.27. The van der Waals surface area contributed by atoms with Gasteiger partial charge in [-0.1, -0.05) is 0 Å². The number of nitrogens with zero attached hydrogens (tertiary/aromatic N) is 3. The van der Waals surface area contributed by atoms with Crippen LogP contribution in [-0.2, 0) is 0 Å². The van der Waals surface area contributed by atoms with Gasteiger partial charge in [0.2, 0.25) is 11.8 Å². The highest BCUT2D eigenvalue weighted by atomic mass is 79.9. The fourth-order valence-corrected chi connectivity index (χ4v) is 1.45. The molecule has 0 aliphatic rings. The zero-order valence-corrected chi connectivity index (χ0v) is 10.1. The molecule has 0 unspecified atom stereocenters. The van der Waals surface area contributed by atoms with E-state index >= 15 is 0 Å². The molecule has 6 heteroatoms. The van der Waals surface area contributed by atoms with Crippen molar-refractivity contribution >= 4 is 21.9 Å². The molecule has 0 saturated heterocycles.